The van der Waals surface area contributed by atoms with Crippen molar-refractivity contribution in [1.29, 1.82) is 0 Å². The third kappa shape index (κ3) is 6.60. The maximum atomic E-state index is 16.5. The molecule has 0 unspecified atom stereocenters. The summed E-state index contributed by atoms with van der Waals surface area (Å²) in [6.45, 7) is 6.40. The number of nitrogens with zero attached hydrogens (tertiary/aromatic N) is 1. The van der Waals surface area contributed by atoms with Gasteiger partial charge in [0.15, 0.2) is 5.82 Å². The molecule has 1 aliphatic heterocycles. The number of rotatable bonds is 4. The van der Waals surface area contributed by atoms with Crippen LogP contribution in [-0.2, 0) is 6.18 Å². The van der Waals surface area contributed by atoms with Crippen molar-refractivity contribution < 1.29 is 36.3 Å². The largest absolute Gasteiger partial charge is 0.474 e. The third-order valence-electron chi connectivity index (χ3n) is 6.65. The van der Waals surface area contributed by atoms with E-state index in [9.17, 15) is 27.2 Å². The Bertz CT molecular complexity index is 1610. The lowest BCUT2D eigenvalue weighted by atomic mass is 9.95. The van der Waals surface area contributed by atoms with Crippen LogP contribution in [0.2, 0.25) is 0 Å². The van der Waals surface area contributed by atoms with Gasteiger partial charge in [0.05, 0.1) is 29.6 Å². The second-order valence-electron chi connectivity index (χ2n) is 9.73. The molecule has 1 aromatic heterocycles. The molecule has 0 spiro atoms. The number of nitrogens with one attached hydrogen (secondary N) is 3. The van der Waals surface area contributed by atoms with Crippen LogP contribution in [0.15, 0.2) is 60.8 Å². The number of carbonyl (C=O) groups excluding carboxylic acids is 2. The molecule has 1 atom stereocenters. The van der Waals surface area contributed by atoms with Crippen LogP contribution in [0, 0.1) is 18.6 Å². The van der Waals surface area contributed by atoms with E-state index in [2.05, 4.69) is 27.5 Å². The topological polar surface area (TPSA) is 118 Å². The van der Waals surface area contributed by atoms with E-state index in [-0.39, 0.29) is 12.1 Å². The number of halogens is 5. The monoisotopic (exact) mass is 601 g/mol. The second kappa shape index (κ2) is 12.5. The number of alkyl halides is 3. The zero-order valence-corrected chi connectivity index (χ0v) is 23.2. The lowest BCUT2D eigenvalue weighted by molar-refractivity contribution is -0.137. The molecule has 2 amide bonds. The molecule has 5 N–H and O–H groups in total. The first kappa shape index (κ1) is 31.0. The van der Waals surface area contributed by atoms with Gasteiger partial charge in [0, 0.05) is 29.8 Å². The van der Waals surface area contributed by atoms with E-state index in [0.717, 1.165) is 6.92 Å². The summed E-state index contributed by atoms with van der Waals surface area (Å²) in [5.41, 5.74) is 0.00169. The normalized spacial score (nSPS) is 16.7. The number of allylic oxidation sites excluding steroid dienone is 2. The van der Waals surface area contributed by atoms with Crippen LogP contribution in [0.25, 0.3) is 11.3 Å². The highest BCUT2D eigenvalue weighted by molar-refractivity contribution is 6.10. The van der Waals surface area contributed by atoms with E-state index < -0.39 is 80.9 Å². The first-order valence-corrected chi connectivity index (χ1v) is 13.1. The molecule has 0 saturated carbocycles. The molecule has 43 heavy (non-hydrogen) atoms. The van der Waals surface area contributed by atoms with Crippen LogP contribution in [0.4, 0.5) is 33.3 Å². The van der Waals surface area contributed by atoms with Gasteiger partial charge in [0.1, 0.15) is 17.1 Å². The first-order valence-electron chi connectivity index (χ1n) is 13.1. The van der Waals surface area contributed by atoms with Crippen molar-refractivity contribution in [2.24, 2.45) is 0 Å². The number of amides is 2. The molecule has 3 aromatic rings. The van der Waals surface area contributed by atoms with Crippen molar-refractivity contribution in [1.82, 2.24) is 15.6 Å². The molecule has 1 aliphatic rings. The lowest BCUT2D eigenvalue weighted by Crippen LogP contribution is -2.31. The quantitative estimate of drug-likeness (QED) is 0.224. The van der Waals surface area contributed by atoms with E-state index in [1.54, 1.807) is 31.2 Å². The highest BCUT2D eigenvalue weighted by atomic mass is 19.4. The summed E-state index contributed by atoms with van der Waals surface area (Å²) >= 11 is 0. The lowest BCUT2D eigenvalue weighted by Gasteiger charge is -2.22. The fraction of sp³-hybridized carbons (Fsp3) is 0.233. The van der Waals surface area contributed by atoms with Gasteiger partial charge in [0.2, 0.25) is 5.88 Å². The van der Waals surface area contributed by atoms with E-state index in [1.165, 1.54) is 18.2 Å². The van der Waals surface area contributed by atoms with E-state index >= 15 is 4.39 Å². The van der Waals surface area contributed by atoms with E-state index in [1.807, 2.05) is 0 Å². The Morgan fingerprint density at radius 1 is 1.19 bits per heavy atom. The van der Waals surface area contributed by atoms with Gasteiger partial charge in [-0.1, -0.05) is 30.9 Å². The number of anilines is 2. The molecule has 4 rings (SSSR count). The number of carbonyl (C=O) groups is 2. The maximum Gasteiger partial charge on any atom is 0.417 e. The van der Waals surface area contributed by atoms with Crippen LogP contribution in [-0.4, -0.2) is 36.0 Å². The number of ether oxygens (including phenoxy) is 1. The minimum atomic E-state index is -5.15. The number of nitrogens with two attached hydrogens (primary N) is 1. The van der Waals surface area contributed by atoms with Gasteiger partial charge in [0.25, 0.3) is 11.8 Å². The van der Waals surface area contributed by atoms with Crippen molar-refractivity contribution in [3.8, 4) is 17.1 Å². The zero-order valence-electron chi connectivity index (χ0n) is 23.2. The van der Waals surface area contributed by atoms with Gasteiger partial charge in [-0.25, -0.2) is 13.8 Å². The zero-order chi connectivity index (χ0) is 31.5. The molecule has 0 bridgehead atoms. The Kier molecular flexibility index (Phi) is 9.02. The van der Waals surface area contributed by atoms with Crippen LogP contribution in [0.1, 0.15) is 45.2 Å². The van der Waals surface area contributed by atoms with Gasteiger partial charge >= 0.3 is 6.18 Å². The summed E-state index contributed by atoms with van der Waals surface area (Å²) < 4.78 is 79.7. The standard InChI is InChI=1S/C30H28F5N5O3/c1-4-8-18-14-38-28(42)21-26(39-27(41)17-9-6-5-7-10-17)24(32)25(40-29(21)43-15(2)11-12-37-18)19-13-20(36)23(31)16(3)22(19)30(33,34)35/h4-10,13,15,37H,1,11-12,14,36H2,2-3H3,(H,38,42)(H,39,40,41)/b18-8-/t15-/m0/s1. The fourth-order valence-corrected chi connectivity index (χ4v) is 4.55. The van der Waals surface area contributed by atoms with Crippen molar-refractivity contribution in [2.75, 3.05) is 24.1 Å². The SMILES string of the molecule is C=C/C=C1/CNC(=O)c2c(nc(-c3cc(N)c(F)c(C)c3C(F)(F)F)c(F)c2NC(=O)c2ccccc2)O[C@@H](C)CCN1. The fourth-order valence-electron chi connectivity index (χ4n) is 4.55. The summed E-state index contributed by atoms with van der Waals surface area (Å²) in [7, 11) is 0. The number of hydrogen-bond acceptors (Lipinski definition) is 6. The molecular formula is C30H28F5N5O3. The number of hydrogen-bond donors (Lipinski definition) is 4. The highest BCUT2D eigenvalue weighted by Gasteiger charge is 2.40. The predicted molar refractivity (Wildman–Crippen MR) is 151 cm³/mol. The van der Waals surface area contributed by atoms with Gasteiger partial charge in [-0.05, 0) is 43.7 Å². The Hall–Kier alpha value is -4.94. The molecule has 0 fully saturated rings. The van der Waals surface area contributed by atoms with Gasteiger partial charge in [-0.2, -0.15) is 13.2 Å². The summed E-state index contributed by atoms with van der Waals surface area (Å²) in [5.74, 6) is -5.17. The van der Waals surface area contributed by atoms with Crippen molar-refractivity contribution in [3.05, 3.63) is 94.7 Å². The summed E-state index contributed by atoms with van der Waals surface area (Å²) in [6, 6.07) is 8.17. The third-order valence-corrected chi connectivity index (χ3v) is 6.65. The minimum Gasteiger partial charge on any atom is -0.474 e. The molecule has 0 saturated heterocycles. The predicted octanol–water partition coefficient (Wildman–Crippen LogP) is 5.75. The Morgan fingerprint density at radius 3 is 2.53 bits per heavy atom. The van der Waals surface area contributed by atoms with Crippen molar-refractivity contribution in [3.63, 3.8) is 0 Å². The highest BCUT2D eigenvalue weighted by Crippen LogP contribution is 2.44. The smallest absolute Gasteiger partial charge is 0.417 e. The van der Waals surface area contributed by atoms with Gasteiger partial charge < -0.3 is 26.4 Å². The average Bonchev–Trinajstić information content (AvgIpc) is 2.97. The number of pyridine rings is 1. The van der Waals surface area contributed by atoms with Gasteiger partial charge in [-0.15, -0.1) is 0 Å². The molecule has 2 aromatic carbocycles. The van der Waals surface area contributed by atoms with E-state index in [4.69, 9.17) is 10.5 Å². The van der Waals surface area contributed by atoms with Crippen LogP contribution in [0.3, 0.4) is 0 Å². The summed E-state index contributed by atoms with van der Waals surface area (Å²) in [6.07, 6.45) is -2.40. The number of nitrogen functional groups attached to an aromatic ring is 1. The molecule has 8 nitrogen and oxygen atoms in total. The number of aromatic nitrogens is 1. The molecule has 226 valence electrons. The van der Waals surface area contributed by atoms with Crippen molar-refractivity contribution in [2.45, 2.75) is 32.5 Å². The molecule has 0 radical (unpaired) electrons. The summed E-state index contributed by atoms with van der Waals surface area (Å²) in [5, 5.41) is 8.01. The molecule has 0 aliphatic carbocycles. The Morgan fingerprint density at radius 2 is 1.88 bits per heavy atom. The Balaban J connectivity index is 2.03. The van der Waals surface area contributed by atoms with Crippen molar-refractivity contribution >= 4 is 23.2 Å². The molecule has 2 heterocycles. The molecule has 13 heteroatoms. The molecular weight excluding hydrogens is 573 g/mol. The first-order chi connectivity index (χ1) is 20.3. The number of fused-ring (bicyclic) bond motifs is 1. The minimum absolute atomic E-state index is 0.0682. The van der Waals surface area contributed by atoms with Crippen LogP contribution in [0.5, 0.6) is 5.88 Å². The van der Waals surface area contributed by atoms with E-state index in [0.29, 0.717) is 24.7 Å². The summed E-state index contributed by atoms with van der Waals surface area (Å²) in [4.78, 5) is 30.7. The average molecular weight is 602 g/mol. The second-order valence-corrected chi connectivity index (χ2v) is 9.73. The number of benzene rings is 2. The van der Waals surface area contributed by atoms with Crippen LogP contribution < -0.4 is 26.4 Å². The van der Waals surface area contributed by atoms with Gasteiger partial charge in [-0.3, -0.25) is 9.59 Å². The van der Waals surface area contributed by atoms with Crippen LogP contribution >= 0.6 is 0 Å². The maximum absolute atomic E-state index is 16.5. The Labute approximate surface area is 243 Å².